The molecular formula is C41H31N3. The first-order chi connectivity index (χ1) is 21.8. The Kier molecular flexibility index (Phi) is 6.69. The van der Waals surface area contributed by atoms with Gasteiger partial charge in [0.15, 0.2) is 0 Å². The number of fused-ring (bicyclic) bond motifs is 2. The molecule has 1 aliphatic carbocycles. The minimum atomic E-state index is -0.0347. The number of aryl methyl sites for hydroxylation is 1. The van der Waals surface area contributed by atoms with E-state index in [0.29, 0.717) is 0 Å². The van der Waals surface area contributed by atoms with Crippen molar-refractivity contribution in [1.29, 1.82) is 0 Å². The summed E-state index contributed by atoms with van der Waals surface area (Å²) in [5, 5.41) is 6.34. The van der Waals surface area contributed by atoms with Gasteiger partial charge in [-0.15, -0.1) is 0 Å². The van der Waals surface area contributed by atoms with Gasteiger partial charge in [0.1, 0.15) is 5.84 Å². The number of pyridine rings is 1. The van der Waals surface area contributed by atoms with E-state index in [2.05, 4.69) is 144 Å². The van der Waals surface area contributed by atoms with Gasteiger partial charge in [0.2, 0.25) is 0 Å². The highest BCUT2D eigenvalue weighted by atomic mass is 15.0. The highest BCUT2D eigenvalue weighted by Gasteiger charge is 2.23. The molecule has 0 fully saturated rings. The normalized spacial score (nSPS) is 15.9. The molecule has 1 unspecified atom stereocenters. The van der Waals surface area contributed by atoms with Crippen LogP contribution in [0.2, 0.25) is 0 Å². The summed E-state index contributed by atoms with van der Waals surface area (Å²) in [6.07, 6.45) is 10.3. The molecule has 6 aromatic rings. The standard InChI is InChI=1S/C41H31N3/c1-2-11-30-24-35(21-20-28(30)9-1)41-43-39(33-15-5-13-31(23-33)36-17-8-22-42-27-36)26-40(44-41)34-16-6-14-32(25-34)38-19-7-12-29-10-3-4-18-37(29)38/h1-19,22-27,40H,20-21H2,(H,43,44). The van der Waals surface area contributed by atoms with E-state index in [-0.39, 0.29) is 6.04 Å². The Bertz CT molecular complexity index is 2100. The molecule has 2 aliphatic rings. The summed E-state index contributed by atoms with van der Waals surface area (Å²) in [6, 6.07) is 45.5. The third-order valence-corrected chi connectivity index (χ3v) is 8.70. The van der Waals surface area contributed by atoms with Crippen molar-refractivity contribution in [3.63, 3.8) is 0 Å². The molecule has 0 saturated carbocycles. The van der Waals surface area contributed by atoms with Gasteiger partial charge < -0.3 is 5.32 Å². The fourth-order valence-electron chi connectivity index (χ4n) is 6.43. The van der Waals surface area contributed by atoms with Gasteiger partial charge in [-0.2, -0.15) is 0 Å². The van der Waals surface area contributed by atoms with Crippen molar-refractivity contribution in [3.05, 3.63) is 174 Å². The number of aromatic nitrogens is 1. The average molecular weight is 566 g/mol. The topological polar surface area (TPSA) is 37.3 Å². The van der Waals surface area contributed by atoms with Gasteiger partial charge in [-0.25, -0.2) is 4.99 Å². The van der Waals surface area contributed by atoms with E-state index in [1.54, 1.807) is 0 Å². The zero-order chi connectivity index (χ0) is 29.3. The monoisotopic (exact) mass is 565 g/mol. The summed E-state index contributed by atoms with van der Waals surface area (Å²) in [7, 11) is 0. The smallest absolute Gasteiger partial charge is 0.130 e. The minimum Gasteiger partial charge on any atom is -0.359 e. The first kappa shape index (κ1) is 26.1. The maximum Gasteiger partial charge on any atom is 0.130 e. The van der Waals surface area contributed by atoms with Gasteiger partial charge in [0.25, 0.3) is 0 Å². The minimum absolute atomic E-state index is 0.0347. The van der Waals surface area contributed by atoms with E-state index >= 15 is 0 Å². The van der Waals surface area contributed by atoms with Crippen molar-refractivity contribution >= 4 is 28.4 Å². The van der Waals surface area contributed by atoms with Gasteiger partial charge in [-0.1, -0.05) is 109 Å². The van der Waals surface area contributed by atoms with Crippen LogP contribution in [-0.2, 0) is 6.42 Å². The van der Waals surface area contributed by atoms with Crippen molar-refractivity contribution < 1.29 is 0 Å². The summed E-state index contributed by atoms with van der Waals surface area (Å²) < 4.78 is 0. The second-order valence-corrected chi connectivity index (χ2v) is 11.5. The molecule has 0 bridgehead atoms. The first-order valence-electron chi connectivity index (χ1n) is 15.2. The molecule has 1 atom stereocenters. The lowest BCUT2D eigenvalue weighted by molar-refractivity contribution is 0.773. The molecule has 2 heterocycles. The molecule has 1 N–H and O–H groups in total. The van der Waals surface area contributed by atoms with Crippen molar-refractivity contribution in [1.82, 2.24) is 10.3 Å². The molecule has 5 aromatic carbocycles. The predicted molar refractivity (Wildman–Crippen MR) is 183 cm³/mol. The second-order valence-electron chi connectivity index (χ2n) is 11.5. The van der Waals surface area contributed by atoms with E-state index < -0.39 is 0 Å². The van der Waals surface area contributed by atoms with Crippen LogP contribution in [0.1, 0.15) is 34.7 Å². The van der Waals surface area contributed by atoms with Crippen molar-refractivity contribution in [2.45, 2.75) is 18.9 Å². The lowest BCUT2D eigenvalue weighted by Crippen LogP contribution is -2.32. The van der Waals surface area contributed by atoms with Crippen LogP contribution in [0.5, 0.6) is 0 Å². The zero-order valence-corrected chi connectivity index (χ0v) is 24.3. The third kappa shape index (κ3) is 5.03. The molecule has 1 aromatic heterocycles. The first-order valence-corrected chi connectivity index (χ1v) is 15.2. The van der Waals surface area contributed by atoms with E-state index in [0.717, 1.165) is 41.1 Å². The Morgan fingerprint density at radius 2 is 1.43 bits per heavy atom. The lowest BCUT2D eigenvalue weighted by Gasteiger charge is -2.27. The molecule has 0 radical (unpaired) electrons. The summed E-state index contributed by atoms with van der Waals surface area (Å²) in [6.45, 7) is 0. The molecule has 44 heavy (non-hydrogen) atoms. The van der Waals surface area contributed by atoms with E-state index in [1.807, 2.05) is 18.5 Å². The molecular weight excluding hydrogens is 534 g/mol. The predicted octanol–water partition coefficient (Wildman–Crippen LogP) is 9.68. The number of hydrogen-bond acceptors (Lipinski definition) is 3. The Morgan fingerprint density at radius 3 is 2.39 bits per heavy atom. The van der Waals surface area contributed by atoms with Gasteiger partial charge >= 0.3 is 0 Å². The third-order valence-electron chi connectivity index (χ3n) is 8.70. The molecule has 3 heteroatoms. The van der Waals surface area contributed by atoms with Crippen LogP contribution < -0.4 is 5.32 Å². The Hall–Kier alpha value is -5.54. The maximum absolute atomic E-state index is 5.26. The van der Waals surface area contributed by atoms with Crippen molar-refractivity contribution in [2.75, 3.05) is 0 Å². The van der Waals surface area contributed by atoms with Crippen LogP contribution in [0.15, 0.2) is 156 Å². The summed E-state index contributed by atoms with van der Waals surface area (Å²) in [5.74, 6) is 0.948. The SMILES string of the molecule is C1=C(C2=NC(c3cccc(-c4cccnc4)c3)=CC(c3cccc(-c4cccc5ccccc45)c3)N2)CCc2ccccc21. The largest absolute Gasteiger partial charge is 0.359 e. The lowest BCUT2D eigenvalue weighted by atomic mass is 9.90. The molecule has 0 spiro atoms. The quantitative estimate of drug-likeness (QED) is 0.226. The summed E-state index contributed by atoms with van der Waals surface area (Å²) in [5.41, 5.74) is 11.9. The van der Waals surface area contributed by atoms with Crippen LogP contribution in [0, 0.1) is 0 Å². The Balaban J connectivity index is 1.23. The van der Waals surface area contributed by atoms with Gasteiger partial charge in [-0.05, 0) is 92.9 Å². The van der Waals surface area contributed by atoms with E-state index in [9.17, 15) is 0 Å². The fourth-order valence-corrected chi connectivity index (χ4v) is 6.43. The molecule has 210 valence electrons. The fraction of sp³-hybridized carbons (Fsp3) is 0.0732. The molecule has 0 amide bonds. The maximum atomic E-state index is 5.26. The molecule has 3 nitrogen and oxygen atoms in total. The summed E-state index contributed by atoms with van der Waals surface area (Å²) >= 11 is 0. The number of hydrogen-bond donors (Lipinski definition) is 1. The van der Waals surface area contributed by atoms with Crippen molar-refractivity contribution in [2.24, 2.45) is 4.99 Å². The van der Waals surface area contributed by atoms with E-state index in [4.69, 9.17) is 4.99 Å². The number of rotatable bonds is 5. The van der Waals surface area contributed by atoms with Gasteiger partial charge in [0, 0.05) is 23.5 Å². The highest BCUT2D eigenvalue weighted by molar-refractivity contribution is 6.06. The number of benzene rings is 5. The zero-order valence-electron chi connectivity index (χ0n) is 24.3. The molecule has 8 rings (SSSR count). The van der Waals surface area contributed by atoms with Crippen LogP contribution in [0.3, 0.4) is 0 Å². The second kappa shape index (κ2) is 11.3. The molecule has 1 aliphatic heterocycles. The number of nitrogens with one attached hydrogen (secondary N) is 1. The number of nitrogens with zero attached hydrogens (tertiary/aromatic N) is 2. The highest BCUT2D eigenvalue weighted by Crippen LogP contribution is 2.35. The average Bonchev–Trinajstić information content (AvgIpc) is 3.11. The van der Waals surface area contributed by atoms with Gasteiger partial charge in [-0.3, -0.25) is 4.98 Å². The Labute approximate surface area is 258 Å². The van der Waals surface area contributed by atoms with E-state index in [1.165, 1.54) is 44.2 Å². The van der Waals surface area contributed by atoms with Crippen LogP contribution >= 0.6 is 0 Å². The van der Waals surface area contributed by atoms with Gasteiger partial charge in [0.05, 0.1) is 11.7 Å². The van der Waals surface area contributed by atoms with Crippen LogP contribution in [0.25, 0.3) is 44.8 Å². The van der Waals surface area contributed by atoms with Crippen molar-refractivity contribution in [3.8, 4) is 22.3 Å². The number of aliphatic imine (C=N–C) groups is 1. The van der Waals surface area contributed by atoms with Crippen LogP contribution in [-0.4, -0.2) is 10.8 Å². The Morgan fingerprint density at radius 1 is 0.636 bits per heavy atom. The van der Waals surface area contributed by atoms with Crippen LogP contribution in [0.4, 0.5) is 0 Å². The summed E-state index contributed by atoms with van der Waals surface area (Å²) in [4.78, 5) is 9.60. The molecule has 0 saturated heterocycles. The number of amidine groups is 1.